The summed E-state index contributed by atoms with van der Waals surface area (Å²) in [6.07, 6.45) is 0. The van der Waals surface area contributed by atoms with Crippen LogP contribution in [0.4, 0.5) is 0 Å². The van der Waals surface area contributed by atoms with E-state index in [9.17, 15) is 4.79 Å². The highest BCUT2D eigenvalue weighted by atomic mass is 79.9. The van der Waals surface area contributed by atoms with Crippen LogP contribution in [0.2, 0.25) is 0 Å². The van der Waals surface area contributed by atoms with E-state index in [1.165, 1.54) is 16.4 Å². The number of aromatic nitrogens is 4. The van der Waals surface area contributed by atoms with Crippen molar-refractivity contribution in [3.05, 3.63) is 28.2 Å². The Morgan fingerprint density at radius 1 is 1.53 bits per heavy atom. The quantitative estimate of drug-likeness (QED) is 0.930. The highest BCUT2D eigenvalue weighted by molar-refractivity contribution is 9.10. The van der Waals surface area contributed by atoms with E-state index in [1.807, 2.05) is 0 Å². The summed E-state index contributed by atoms with van der Waals surface area (Å²) in [6.45, 7) is 0. The minimum Gasteiger partial charge on any atom is -0.478 e. The van der Waals surface area contributed by atoms with E-state index < -0.39 is 5.97 Å². The molecule has 0 aliphatic heterocycles. The molecule has 0 saturated carbocycles. The van der Waals surface area contributed by atoms with Crippen molar-refractivity contribution in [2.45, 2.75) is 10.1 Å². The van der Waals surface area contributed by atoms with Gasteiger partial charge in [-0.2, -0.15) is 0 Å². The Kier molecular flexibility index (Phi) is 3.43. The fourth-order valence-corrected chi connectivity index (χ4v) is 2.33. The highest BCUT2D eigenvalue weighted by Crippen LogP contribution is 2.28. The van der Waals surface area contributed by atoms with Crippen LogP contribution >= 0.6 is 27.7 Å². The summed E-state index contributed by atoms with van der Waals surface area (Å²) in [5.74, 6) is -0.976. The molecule has 2 rings (SSSR count). The summed E-state index contributed by atoms with van der Waals surface area (Å²) >= 11 is 4.49. The van der Waals surface area contributed by atoms with E-state index in [2.05, 4.69) is 31.5 Å². The second-order valence-electron chi connectivity index (χ2n) is 3.13. The zero-order valence-electron chi connectivity index (χ0n) is 8.66. The summed E-state index contributed by atoms with van der Waals surface area (Å²) < 4.78 is 2.07. The van der Waals surface area contributed by atoms with Crippen LogP contribution in [0.3, 0.4) is 0 Å². The van der Waals surface area contributed by atoms with Crippen molar-refractivity contribution in [2.24, 2.45) is 7.05 Å². The molecule has 0 saturated heterocycles. The normalized spacial score (nSPS) is 10.5. The van der Waals surface area contributed by atoms with Gasteiger partial charge in [0.1, 0.15) is 0 Å². The molecular weight excluding hydrogens is 308 g/mol. The largest absolute Gasteiger partial charge is 0.478 e. The zero-order chi connectivity index (χ0) is 12.4. The summed E-state index contributed by atoms with van der Waals surface area (Å²) in [5.41, 5.74) is 0.213. The number of halogens is 1. The standard InChI is InChI=1S/C9H7BrN4O2S/c1-14-9(11-12-13-14)17-5-2-3-7(10)6(4-5)8(15)16/h2-4H,1H3,(H,15,16). The maximum Gasteiger partial charge on any atom is 0.336 e. The van der Waals surface area contributed by atoms with E-state index in [1.54, 1.807) is 25.2 Å². The van der Waals surface area contributed by atoms with Gasteiger partial charge in [0.05, 0.1) is 5.56 Å². The van der Waals surface area contributed by atoms with Crippen molar-refractivity contribution in [1.82, 2.24) is 20.2 Å². The number of tetrazole rings is 1. The van der Waals surface area contributed by atoms with Gasteiger partial charge in [0.2, 0.25) is 5.16 Å². The molecule has 0 bridgehead atoms. The van der Waals surface area contributed by atoms with Crippen molar-refractivity contribution in [3.63, 3.8) is 0 Å². The molecule has 2 aromatic rings. The maximum atomic E-state index is 11.0. The first-order chi connectivity index (χ1) is 8.08. The fourth-order valence-electron chi connectivity index (χ4n) is 1.14. The van der Waals surface area contributed by atoms with Crippen molar-refractivity contribution < 1.29 is 9.90 Å². The van der Waals surface area contributed by atoms with Gasteiger partial charge in [-0.25, -0.2) is 9.48 Å². The second-order valence-corrected chi connectivity index (χ2v) is 5.03. The molecule has 0 spiro atoms. The van der Waals surface area contributed by atoms with Gasteiger partial charge in [0.15, 0.2) is 0 Å². The number of hydrogen-bond acceptors (Lipinski definition) is 5. The van der Waals surface area contributed by atoms with Gasteiger partial charge in [-0.1, -0.05) is 0 Å². The van der Waals surface area contributed by atoms with Crippen molar-refractivity contribution in [3.8, 4) is 0 Å². The van der Waals surface area contributed by atoms with Crippen LogP contribution in [0.25, 0.3) is 0 Å². The Morgan fingerprint density at radius 3 is 2.88 bits per heavy atom. The van der Waals surface area contributed by atoms with Gasteiger partial charge in [-0.05, 0) is 56.3 Å². The molecule has 8 heteroatoms. The first kappa shape index (κ1) is 12.1. The van der Waals surface area contributed by atoms with Crippen LogP contribution in [-0.2, 0) is 7.05 Å². The molecule has 1 N–H and O–H groups in total. The minimum atomic E-state index is -0.976. The molecule has 88 valence electrons. The van der Waals surface area contributed by atoms with Crippen LogP contribution in [-0.4, -0.2) is 31.3 Å². The Bertz CT molecular complexity index is 572. The lowest BCUT2D eigenvalue weighted by atomic mass is 10.2. The molecule has 1 aromatic carbocycles. The lowest BCUT2D eigenvalue weighted by Gasteiger charge is -2.03. The third-order valence-electron chi connectivity index (χ3n) is 1.96. The summed E-state index contributed by atoms with van der Waals surface area (Å²) in [4.78, 5) is 11.7. The average molecular weight is 315 g/mol. The zero-order valence-corrected chi connectivity index (χ0v) is 11.1. The summed E-state index contributed by atoms with van der Waals surface area (Å²) in [7, 11) is 1.72. The Labute approximate surface area is 109 Å². The number of carbonyl (C=O) groups is 1. The van der Waals surface area contributed by atoms with Gasteiger partial charge in [-0.15, -0.1) is 5.10 Å². The third-order valence-corrected chi connectivity index (χ3v) is 3.67. The van der Waals surface area contributed by atoms with E-state index in [0.717, 1.165) is 4.90 Å². The smallest absolute Gasteiger partial charge is 0.336 e. The first-order valence-corrected chi connectivity index (χ1v) is 6.12. The number of aromatic carboxylic acids is 1. The molecule has 1 heterocycles. The van der Waals surface area contributed by atoms with Crippen LogP contribution in [0.1, 0.15) is 10.4 Å². The SMILES string of the molecule is Cn1nnnc1Sc1ccc(Br)c(C(=O)O)c1. The Morgan fingerprint density at radius 2 is 2.29 bits per heavy atom. The average Bonchev–Trinajstić information content (AvgIpc) is 2.67. The first-order valence-electron chi connectivity index (χ1n) is 4.51. The Hall–Kier alpha value is -1.41. The maximum absolute atomic E-state index is 11.0. The van der Waals surface area contributed by atoms with Crippen molar-refractivity contribution in [2.75, 3.05) is 0 Å². The topological polar surface area (TPSA) is 80.9 Å². The van der Waals surface area contributed by atoms with E-state index in [0.29, 0.717) is 9.63 Å². The lowest BCUT2D eigenvalue weighted by Crippen LogP contribution is -1.98. The summed E-state index contributed by atoms with van der Waals surface area (Å²) in [6, 6.07) is 5.07. The number of carboxylic acids is 1. The van der Waals surface area contributed by atoms with Crippen LogP contribution in [0.5, 0.6) is 0 Å². The number of rotatable bonds is 3. The van der Waals surface area contributed by atoms with Gasteiger partial charge in [-0.3, -0.25) is 0 Å². The highest BCUT2D eigenvalue weighted by Gasteiger charge is 2.11. The monoisotopic (exact) mass is 314 g/mol. The lowest BCUT2D eigenvalue weighted by molar-refractivity contribution is 0.0695. The van der Waals surface area contributed by atoms with E-state index in [4.69, 9.17) is 5.11 Å². The second kappa shape index (κ2) is 4.84. The molecule has 0 fully saturated rings. The summed E-state index contributed by atoms with van der Waals surface area (Å²) in [5, 5.41) is 20.6. The molecule has 6 nitrogen and oxygen atoms in total. The van der Waals surface area contributed by atoms with Gasteiger partial charge in [0.25, 0.3) is 0 Å². The predicted octanol–water partition coefficient (Wildman–Crippen LogP) is 1.82. The van der Waals surface area contributed by atoms with Crippen molar-refractivity contribution in [1.29, 1.82) is 0 Å². The van der Waals surface area contributed by atoms with E-state index in [-0.39, 0.29) is 5.56 Å². The third kappa shape index (κ3) is 2.64. The number of hydrogen-bond donors (Lipinski definition) is 1. The van der Waals surface area contributed by atoms with Crippen LogP contribution in [0, 0.1) is 0 Å². The molecule has 0 unspecified atom stereocenters. The molecule has 17 heavy (non-hydrogen) atoms. The number of nitrogens with zero attached hydrogens (tertiary/aromatic N) is 4. The molecule has 0 aliphatic carbocycles. The number of benzene rings is 1. The Balaban J connectivity index is 2.32. The molecule has 0 aliphatic rings. The molecule has 0 radical (unpaired) electrons. The van der Waals surface area contributed by atoms with Crippen LogP contribution < -0.4 is 0 Å². The minimum absolute atomic E-state index is 0.213. The molecule has 0 atom stereocenters. The molecule has 0 amide bonds. The van der Waals surface area contributed by atoms with Gasteiger partial charge >= 0.3 is 5.97 Å². The van der Waals surface area contributed by atoms with Gasteiger partial charge < -0.3 is 5.11 Å². The van der Waals surface area contributed by atoms with Crippen LogP contribution in [0.15, 0.2) is 32.7 Å². The number of carboxylic acid groups (broad SMARTS) is 1. The van der Waals surface area contributed by atoms with Crippen molar-refractivity contribution >= 4 is 33.7 Å². The predicted molar refractivity (Wildman–Crippen MR) is 64.0 cm³/mol. The number of aryl methyl sites for hydroxylation is 1. The molecule has 1 aromatic heterocycles. The molecular formula is C9H7BrN4O2S. The van der Waals surface area contributed by atoms with E-state index >= 15 is 0 Å². The fraction of sp³-hybridized carbons (Fsp3) is 0.111. The van der Waals surface area contributed by atoms with Gasteiger partial charge in [0, 0.05) is 16.4 Å².